The molecule has 0 saturated carbocycles. The Kier molecular flexibility index (Phi) is 7.56. The molecule has 4 aromatic rings. The Morgan fingerprint density at radius 2 is 1.14 bits per heavy atom. The summed E-state index contributed by atoms with van der Waals surface area (Å²) in [6.45, 7) is 22.5. The maximum atomic E-state index is 7.09. The zero-order valence-electron chi connectivity index (χ0n) is 27.0. The molecule has 2 nitrogen and oxygen atoms in total. The summed E-state index contributed by atoms with van der Waals surface area (Å²) in [7, 11) is 0. The molecule has 2 atom stereocenters. The summed E-state index contributed by atoms with van der Waals surface area (Å²) in [5.41, 5.74) is 8.86. The fourth-order valence-corrected chi connectivity index (χ4v) is 14.7. The van der Waals surface area contributed by atoms with E-state index in [9.17, 15) is 0 Å². The van der Waals surface area contributed by atoms with Crippen molar-refractivity contribution < 1.29 is 0 Å². The zero-order valence-corrected chi connectivity index (χ0v) is 30.4. The van der Waals surface area contributed by atoms with E-state index in [1.54, 1.807) is 0 Å². The Morgan fingerprint density at radius 3 is 1.67 bits per heavy atom. The Morgan fingerprint density at radius 1 is 0.628 bits per heavy atom. The number of anilines is 3. The van der Waals surface area contributed by atoms with Crippen LogP contribution in [0.3, 0.4) is 0 Å². The quantitative estimate of drug-likeness (QED) is 0.205. The van der Waals surface area contributed by atoms with E-state index in [-0.39, 0.29) is 10.8 Å². The van der Waals surface area contributed by atoms with Gasteiger partial charge in [-0.2, -0.15) is 0 Å². The van der Waals surface area contributed by atoms with E-state index in [2.05, 4.69) is 150 Å². The second kappa shape index (κ2) is 10.5. The molecule has 0 bridgehead atoms. The van der Waals surface area contributed by atoms with Crippen molar-refractivity contribution in [1.29, 1.82) is 0 Å². The first kappa shape index (κ1) is 30.9. The number of nitrogens with zero attached hydrogens (tertiary/aromatic N) is 2. The zero-order chi connectivity index (χ0) is 31.1. The molecular weight excluding hydrogens is 599 g/mol. The van der Waals surface area contributed by atoms with Crippen molar-refractivity contribution in [3.8, 4) is 11.1 Å². The summed E-state index contributed by atoms with van der Waals surface area (Å²) in [6, 6.07) is 27.7. The van der Waals surface area contributed by atoms with Crippen LogP contribution in [0.2, 0.25) is 0 Å². The van der Waals surface area contributed by atoms with Crippen molar-refractivity contribution in [1.82, 2.24) is 4.67 Å². The van der Waals surface area contributed by atoms with Gasteiger partial charge in [0, 0.05) is 40.3 Å². The topological polar surface area (TPSA) is 6.48 Å². The van der Waals surface area contributed by atoms with Gasteiger partial charge in [0.15, 0.2) is 0 Å². The molecule has 43 heavy (non-hydrogen) atoms. The summed E-state index contributed by atoms with van der Waals surface area (Å²) >= 11 is 13.9. The first-order chi connectivity index (χ1) is 20.1. The van der Waals surface area contributed by atoms with Gasteiger partial charge in [-0.3, -0.25) is 4.67 Å². The third kappa shape index (κ3) is 4.76. The summed E-state index contributed by atoms with van der Waals surface area (Å²) in [5, 5.41) is 5.20. The summed E-state index contributed by atoms with van der Waals surface area (Å²) in [6.07, 6.45) is -2.40. The van der Waals surface area contributed by atoms with Crippen molar-refractivity contribution in [3.05, 3.63) is 90.0 Å². The van der Waals surface area contributed by atoms with Gasteiger partial charge in [0.1, 0.15) is 0 Å². The Bertz CT molecular complexity index is 1840. The second-order valence-electron chi connectivity index (χ2n) is 14.1. The first-order valence-corrected chi connectivity index (χ1v) is 21.4. The Hall–Kier alpha value is -2.06. The molecular formula is C37H44N2P2S2. The number of hydrogen-bond donors (Lipinski definition) is 0. The minimum Gasteiger partial charge on any atom is -0.308 e. The molecule has 0 radical (unpaired) electrons. The molecule has 2 heterocycles. The fraction of sp³-hybridized carbons (Fsp3) is 0.351. The van der Waals surface area contributed by atoms with E-state index < -0.39 is 12.2 Å². The molecule has 0 aliphatic carbocycles. The maximum absolute atomic E-state index is 7.09. The van der Waals surface area contributed by atoms with E-state index in [0.29, 0.717) is 0 Å². The molecule has 0 fully saturated rings. The highest BCUT2D eigenvalue weighted by Gasteiger charge is 2.46. The molecule has 6 heteroatoms. The molecule has 2 aliphatic rings. The standard InChI is InChI=1S/C37H44N2P2S2/c1-10-38(11-2)41(43)32-24-28(37(6,7)8)18-20-30(32)39-29-19-17-27(36(3,4)5)23-31(29)40(9,42)33-21-26(22-34(41)35(33)39)25-15-13-12-14-16-25/h12-24H,10-11H2,1-9H3. The van der Waals surface area contributed by atoms with Crippen LogP contribution >= 0.6 is 12.2 Å². The summed E-state index contributed by atoms with van der Waals surface area (Å²) in [5.74, 6) is 0. The lowest BCUT2D eigenvalue weighted by atomic mass is 9.86. The van der Waals surface area contributed by atoms with Gasteiger partial charge in [-0.25, -0.2) is 0 Å². The number of hydrogen-bond acceptors (Lipinski definition) is 3. The highest BCUT2D eigenvalue weighted by molar-refractivity contribution is 8.22. The van der Waals surface area contributed by atoms with Crippen molar-refractivity contribution in [3.63, 3.8) is 0 Å². The van der Waals surface area contributed by atoms with Crippen LogP contribution in [0, 0.1) is 0 Å². The minimum absolute atomic E-state index is 0.0158. The van der Waals surface area contributed by atoms with Gasteiger partial charge < -0.3 is 4.90 Å². The third-order valence-electron chi connectivity index (χ3n) is 9.27. The Balaban J connectivity index is 1.80. The van der Waals surface area contributed by atoms with E-state index in [4.69, 9.17) is 23.6 Å². The summed E-state index contributed by atoms with van der Waals surface area (Å²) in [4.78, 5) is 2.53. The third-order valence-corrected chi connectivity index (χ3v) is 18.2. The lowest BCUT2D eigenvalue weighted by Gasteiger charge is -2.49. The number of benzene rings is 4. The molecule has 0 saturated heterocycles. The van der Waals surface area contributed by atoms with Crippen molar-refractivity contribution >= 4 is 74.1 Å². The predicted molar refractivity (Wildman–Crippen MR) is 200 cm³/mol. The van der Waals surface area contributed by atoms with Gasteiger partial charge in [-0.05, 0) is 76.1 Å². The van der Waals surface area contributed by atoms with Gasteiger partial charge in [-0.15, -0.1) is 0 Å². The van der Waals surface area contributed by atoms with Crippen LogP contribution in [0.25, 0.3) is 11.1 Å². The van der Waals surface area contributed by atoms with Gasteiger partial charge in [0.05, 0.1) is 23.3 Å². The second-order valence-corrected chi connectivity index (χ2v) is 23.4. The van der Waals surface area contributed by atoms with E-state index in [1.165, 1.54) is 60.5 Å². The molecule has 2 aliphatic heterocycles. The lowest BCUT2D eigenvalue weighted by molar-refractivity contribution is 0.513. The van der Waals surface area contributed by atoms with Gasteiger partial charge in [-0.1, -0.05) is 121 Å². The van der Waals surface area contributed by atoms with Crippen LogP contribution in [-0.2, 0) is 34.4 Å². The normalized spacial score (nSPS) is 20.9. The van der Waals surface area contributed by atoms with Crippen molar-refractivity contribution in [2.75, 3.05) is 24.7 Å². The number of fused-ring (bicyclic) bond motifs is 4. The molecule has 6 rings (SSSR count). The van der Waals surface area contributed by atoms with Crippen LogP contribution in [0.4, 0.5) is 17.1 Å². The average molecular weight is 643 g/mol. The van der Waals surface area contributed by atoms with Crippen LogP contribution in [-0.4, -0.2) is 24.4 Å². The van der Waals surface area contributed by atoms with Gasteiger partial charge >= 0.3 is 0 Å². The monoisotopic (exact) mass is 642 g/mol. The smallest absolute Gasteiger partial charge is 0.0751 e. The molecule has 2 unspecified atom stereocenters. The molecule has 0 spiro atoms. The summed E-state index contributed by atoms with van der Waals surface area (Å²) < 4.78 is 2.58. The highest BCUT2D eigenvalue weighted by atomic mass is 32.4. The number of rotatable bonds is 4. The largest absolute Gasteiger partial charge is 0.308 e. The molecule has 0 N–H and O–H groups in total. The van der Waals surface area contributed by atoms with Crippen LogP contribution in [0.15, 0.2) is 78.9 Å². The minimum atomic E-state index is -2.40. The van der Waals surface area contributed by atoms with E-state index >= 15 is 0 Å². The maximum Gasteiger partial charge on any atom is 0.0751 e. The van der Waals surface area contributed by atoms with E-state index in [0.717, 1.165) is 13.1 Å². The van der Waals surface area contributed by atoms with Crippen LogP contribution < -0.4 is 26.1 Å². The first-order valence-electron chi connectivity index (χ1n) is 15.4. The molecule has 0 amide bonds. The SMILES string of the molecule is CCN(CC)P1(=S)c2cc(C(C)(C)C)ccc2N2c3ccc(C(C)(C)C)cc3P(C)(=S)c3cc(-c4ccccc4)cc1c32. The average Bonchev–Trinajstić information content (AvgIpc) is 2.96. The van der Waals surface area contributed by atoms with Crippen molar-refractivity contribution in [2.45, 2.75) is 66.2 Å². The van der Waals surface area contributed by atoms with E-state index in [1.807, 2.05) is 0 Å². The van der Waals surface area contributed by atoms with Gasteiger partial charge in [0.25, 0.3) is 0 Å². The lowest BCUT2D eigenvalue weighted by Crippen LogP contribution is -2.46. The van der Waals surface area contributed by atoms with Gasteiger partial charge in [0.2, 0.25) is 0 Å². The molecule has 0 aromatic heterocycles. The van der Waals surface area contributed by atoms with Crippen molar-refractivity contribution in [2.24, 2.45) is 0 Å². The van der Waals surface area contributed by atoms with Crippen LogP contribution in [0.1, 0.15) is 66.5 Å². The molecule has 224 valence electrons. The molecule has 4 aromatic carbocycles. The Labute approximate surface area is 269 Å². The highest BCUT2D eigenvalue weighted by Crippen LogP contribution is 2.62. The van der Waals surface area contributed by atoms with Crippen LogP contribution in [0.5, 0.6) is 0 Å². The predicted octanol–water partition coefficient (Wildman–Crippen LogP) is 8.79. The fourth-order valence-electron chi connectivity index (χ4n) is 6.69.